The number of hydrogen-bond donors (Lipinski definition) is 0. The van der Waals surface area contributed by atoms with Gasteiger partial charge in [-0.05, 0) is 154 Å². The molecule has 7 aromatic rings. The van der Waals surface area contributed by atoms with Crippen LogP contribution in [0.5, 0.6) is 0 Å². The highest BCUT2D eigenvalue weighted by molar-refractivity contribution is 8.22. The molecule has 0 saturated heterocycles. The van der Waals surface area contributed by atoms with E-state index in [-0.39, 0.29) is 22.4 Å². The van der Waals surface area contributed by atoms with Crippen molar-refractivity contribution in [2.24, 2.45) is 23.7 Å². The Morgan fingerprint density at radius 3 is 1.34 bits per heavy atom. The quantitative estimate of drug-likeness (QED) is 0.0421. The maximum Gasteiger partial charge on any atom is 0.251 e. The maximum absolute atomic E-state index is 15.6. The molecule has 11 rings (SSSR count). The Balaban J connectivity index is 1.11. The Labute approximate surface area is 557 Å². The molecule has 0 fully saturated rings. The highest BCUT2D eigenvalue weighted by Gasteiger charge is 2.52. The molecule has 474 valence electrons. The predicted molar refractivity (Wildman–Crippen MR) is 393 cm³/mol. The second-order valence-electron chi connectivity index (χ2n) is 27.4. The van der Waals surface area contributed by atoms with E-state index in [0.717, 1.165) is 83.5 Å². The topological polar surface area (TPSA) is 46.4 Å². The van der Waals surface area contributed by atoms with Gasteiger partial charge < -0.3 is 10.0 Å². The number of thioether (sulfide) groups is 1. The summed E-state index contributed by atoms with van der Waals surface area (Å²) >= 11 is 7.28. The van der Waals surface area contributed by atoms with E-state index >= 15 is 9.90 Å². The first-order valence-corrected chi connectivity index (χ1v) is 38.2. The normalized spacial score (nSPS) is 19.4. The van der Waals surface area contributed by atoms with Crippen molar-refractivity contribution in [1.82, 2.24) is 4.58 Å². The molecule has 1 aliphatic heterocycles. The molecular weight excluding hydrogens is 1170 g/mol. The molecule has 0 bridgehead atoms. The Hall–Kier alpha value is -5.51. The minimum absolute atomic E-state index is 0.0717. The van der Waals surface area contributed by atoms with E-state index in [4.69, 9.17) is 0 Å². The van der Waals surface area contributed by atoms with Crippen LogP contribution < -0.4 is 23.6 Å². The Kier molecular flexibility index (Phi) is 21.1. The summed E-state index contributed by atoms with van der Waals surface area (Å²) in [6, 6.07) is 43.3. The van der Waals surface area contributed by atoms with Gasteiger partial charge in [-0.15, -0.1) is 38.6 Å². The molecule has 3 aromatic heterocycles. The van der Waals surface area contributed by atoms with Crippen LogP contribution in [0.1, 0.15) is 228 Å². The minimum Gasteiger partial charge on any atom is -0.871 e. The van der Waals surface area contributed by atoms with Gasteiger partial charge in [0.25, 0.3) is 5.04 Å². The zero-order valence-corrected chi connectivity index (χ0v) is 59.6. The number of ketones is 1. The van der Waals surface area contributed by atoms with Gasteiger partial charge in [-0.3, -0.25) is 4.79 Å². The summed E-state index contributed by atoms with van der Waals surface area (Å²) < 4.78 is 4.60. The number of fused-ring (bicyclic) bond motifs is 5. The van der Waals surface area contributed by atoms with Gasteiger partial charge in [-0.1, -0.05) is 235 Å². The van der Waals surface area contributed by atoms with Gasteiger partial charge in [0, 0.05) is 87.4 Å². The number of aryl methyl sites for hydroxylation is 4. The Morgan fingerprint density at radius 2 is 0.911 bits per heavy atom. The molecule has 4 aliphatic rings. The van der Waals surface area contributed by atoms with Crippen LogP contribution in [-0.2, 0) is 15.6 Å². The van der Waals surface area contributed by atoms with E-state index in [9.17, 15) is 0 Å². The van der Waals surface area contributed by atoms with Crippen molar-refractivity contribution in [3.05, 3.63) is 186 Å². The molecule has 0 saturated carbocycles. The average Bonchev–Trinajstić information content (AvgIpc) is 1.53. The van der Waals surface area contributed by atoms with Crippen molar-refractivity contribution in [3.8, 4) is 9.75 Å². The lowest BCUT2D eigenvalue weighted by atomic mass is 9.65. The van der Waals surface area contributed by atoms with Crippen molar-refractivity contribution in [1.29, 1.82) is 0 Å². The Bertz CT molecular complexity index is 3770. The van der Waals surface area contributed by atoms with Gasteiger partial charge in [0.2, 0.25) is 11.4 Å². The molecule has 4 unspecified atom stereocenters. The number of anilines is 3. The molecule has 4 heterocycles. The maximum atomic E-state index is 15.6. The smallest absolute Gasteiger partial charge is 0.251 e. The summed E-state index contributed by atoms with van der Waals surface area (Å²) in [5, 5.41) is 18.1. The van der Waals surface area contributed by atoms with E-state index in [1.807, 2.05) is 23.1 Å². The van der Waals surface area contributed by atoms with Crippen LogP contribution in [0.3, 0.4) is 0 Å². The lowest BCUT2D eigenvalue weighted by Gasteiger charge is -2.38. The molecule has 4 aromatic carbocycles. The number of Topliss-reactive ketones (excluding diaryl/α,β-unsaturated/α-hetero) is 1. The number of thiophene rings is 3. The standard InChI is InChI=1S/C82H100N2O2S4/c1-13-21-25-57(17-5)49-81(50-58(18-6)26-22-14-2)65-45-69(87-77(65)79-67(81)47-71(89-79)83(61-37-29-53(9)30-38-61)62-39-31-54(10)32-40-62)73-75(85)74(76(73)86)70-46-66-78(88-70)80-68(82(66,51-59(19-7)27-23-15-3)52-60(20-8)28-24-16-4)48-72(90-80)84(63-41-33-55(11)34-42-63)64-43-35-56(12)36-44-64/h29-48,57-60H,13-28,49-52H2,1-12H3. The monoisotopic (exact) mass is 1270 g/mol. The van der Waals surface area contributed by atoms with Crippen LogP contribution in [0.15, 0.2) is 133 Å². The number of nitrogens with zero attached hydrogens (tertiary/aromatic N) is 2. The van der Waals surface area contributed by atoms with Crippen LogP contribution in [0.25, 0.3) is 25.8 Å². The number of rotatable bonds is 30. The zero-order chi connectivity index (χ0) is 63.4. The molecule has 3 aliphatic carbocycles. The average molecular weight is 1270 g/mol. The molecule has 0 amide bonds. The molecule has 90 heavy (non-hydrogen) atoms. The zero-order valence-electron chi connectivity index (χ0n) is 56.3. The van der Waals surface area contributed by atoms with E-state index in [2.05, 4.69) is 214 Å². The number of carbonyl (C=O) groups excluding carboxylic acids is 1. The Morgan fingerprint density at radius 1 is 0.489 bits per heavy atom. The van der Waals surface area contributed by atoms with E-state index in [1.165, 1.54) is 151 Å². The number of benzene rings is 4. The summed E-state index contributed by atoms with van der Waals surface area (Å²) in [7, 11) is 0. The highest BCUT2D eigenvalue weighted by Crippen LogP contribution is 2.64. The lowest BCUT2D eigenvalue weighted by Crippen LogP contribution is -2.34. The van der Waals surface area contributed by atoms with Gasteiger partial charge >= 0.3 is 0 Å². The molecule has 4 nitrogen and oxygen atoms in total. The third kappa shape index (κ3) is 12.8. The van der Waals surface area contributed by atoms with Crippen LogP contribution in [0, 0.1) is 51.4 Å². The molecular formula is C82H100N2O2S4. The fourth-order valence-corrected chi connectivity index (χ4v) is 21.1. The second-order valence-corrected chi connectivity index (χ2v) is 31.6. The molecule has 0 spiro atoms. The van der Waals surface area contributed by atoms with Gasteiger partial charge in [-0.2, -0.15) is 0 Å². The first-order valence-electron chi connectivity index (χ1n) is 34.9. The van der Waals surface area contributed by atoms with Gasteiger partial charge in [-0.25, -0.2) is 0 Å². The van der Waals surface area contributed by atoms with Crippen LogP contribution in [0.2, 0.25) is 0 Å². The van der Waals surface area contributed by atoms with Gasteiger partial charge in [0.1, 0.15) is 5.00 Å². The summed E-state index contributed by atoms with van der Waals surface area (Å²) in [5.41, 5.74) is 15.5. The number of allylic oxidation sites excluding steroid dienone is 2. The van der Waals surface area contributed by atoms with Crippen LogP contribution in [-0.4, -0.2) is 10.8 Å². The summed E-state index contributed by atoms with van der Waals surface area (Å²) in [4.78, 5) is 22.9. The first-order chi connectivity index (χ1) is 43.7. The minimum atomic E-state index is -0.253. The van der Waals surface area contributed by atoms with E-state index in [1.54, 1.807) is 22.7 Å². The third-order valence-electron chi connectivity index (χ3n) is 21.1. The molecule has 0 radical (unpaired) electrons. The fraction of sp³-hybridized carbons (Fsp3) is 0.463. The molecule has 4 atom stereocenters. The van der Waals surface area contributed by atoms with E-state index in [0.29, 0.717) is 34.8 Å². The number of unbranched alkanes of at least 4 members (excludes halogenated alkanes) is 4. The van der Waals surface area contributed by atoms with Gasteiger partial charge in [0.05, 0.1) is 4.88 Å². The van der Waals surface area contributed by atoms with Crippen molar-refractivity contribution in [3.63, 3.8) is 0 Å². The highest BCUT2D eigenvalue weighted by atomic mass is 32.2. The summed E-state index contributed by atoms with van der Waals surface area (Å²) in [5.74, 6) is 2.04. The fourth-order valence-electron chi connectivity index (χ4n) is 15.6. The van der Waals surface area contributed by atoms with E-state index < -0.39 is 0 Å². The third-order valence-corrected chi connectivity index (χ3v) is 26.0. The van der Waals surface area contributed by atoms with Crippen molar-refractivity contribution in [2.75, 3.05) is 4.90 Å². The molecule has 8 heteroatoms. The van der Waals surface area contributed by atoms with Gasteiger partial charge in [0.15, 0.2) is 5.78 Å². The second kappa shape index (κ2) is 28.8. The first kappa shape index (κ1) is 66.0. The van der Waals surface area contributed by atoms with Crippen molar-refractivity contribution in [2.45, 2.75) is 222 Å². The number of hydrogen-bond acceptors (Lipinski definition) is 7. The largest absolute Gasteiger partial charge is 0.871 e. The SMILES string of the molecule is CCCCC(CC)CC1(CC(CC)CCCC)C2=CC(=[N+](c3ccc(C)cc3)c3ccc(C)cc3)SC2=c2s/c(=C3/C(=O)C(c4cc5c(s4)-c4sc(N(c6ccc(C)cc6)c6ccc(C)cc6)cc4C5(CC(CC)CCCC)CC(CC)CCCC)=C3[O-])cc21. The predicted octanol–water partition coefficient (Wildman–Crippen LogP) is 22.7. The van der Waals surface area contributed by atoms with Crippen LogP contribution >= 0.6 is 45.8 Å². The number of carbonyl (C=O) groups is 1. The lowest BCUT2D eigenvalue weighted by molar-refractivity contribution is -0.292. The summed E-state index contributed by atoms with van der Waals surface area (Å²) in [6.07, 6.45) is 25.8. The molecule has 0 N–H and O–H groups in total. The van der Waals surface area contributed by atoms with Crippen molar-refractivity contribution < 1.29 is 9.90 Å². The van der Waals surface area contributed by atoms with Crippen LogP contribution in [0.4, 0.5) is 27.8 Å². The van der Waals surface area contributed by atoms with Crippen molar-refractivity contribution >= 4 is 100 Å². The summed E-state index contributed by atoms with van der Waals surface area (Å²) in [6.45, 7) is 27.6.